The summed E-state index contributed by atoms with van der Waals surface area (Å²) in [6.07, 6.45) is 2.97. The maximum absolute atomic E-state index is 11.7. The van der Waals surface area contributed by atoms with Gasteiger partial charge >= 0.3 is 0 Å². The van der Waals surface area contributed by atoms with Gasteiger partial charge in [0, 0.05) is 22.5 Å². The van der Waals surface area contributed by atoms with Crippen molar-refractivity contribution < 1.29 is 4.79 Å². The van der Waals surface area contributed by atoms with E-state index in [9.17, 15) is 4.79 Å². The molecule has 0 heterocycles. The summed E-state index contributed by atoms with van der Waals surface area (Å²) in [6, 6.07) is 5.16. The Labute approximate surface area is 120 Å². The Morgan fingerprint density at radius 3 is 2.71 bits per heavy atom. The predicted molar refractivity (Wildman–Crippen MR) is 76.1 cm³/mol. The summed E-state index contributed by atoms with van der Waals surface area (Å²) in [6.45, 7) is 0.670. The van der Waals surface area contributed by atoms with Crippen molar-refractivity contribution >= 4 is 45.0 Å². The Kier molecular flexibility index (Phi) is 6.93. The summed E-state index contributed by atoms with van der Waals surface area (Å²) in [5, 5.41) is 3.39. The van der Waals surface area contributed by atoms with Crippen LogP contribution in [0.15, 0.2) is 22.7 Å². The van der Waals surface area contributed by atoms with Gasteiger partial charge in [0.2, 0.25) is 0 Å². The highest BCUT2D eigenvalue weighted by Crippen LogP contribution is 2.23. The van der Waals surface area contributed by atoms with Gasteiger partial charge in [0.25, 0.3) is 5.91 Å². The van der Waals surface area contributed by atoms with E-state index in [1.54, 1.807) is 18.2 Å². The van der Waals surface area contributed by atoms with Gasteiger partial charge in [-0.3, -0.25) is 4.79 Å². The van der Waals surface area contributed by atoms with Crippen LogP contribution in [0.5, 0.6) is 0 Å². The number of rotatable bonds is 6. The third-order valence-corrected chi connectivity index (χ3v) is 3.78. The van der Waals surface area contributed by atoms with Gasteiger partial charge in [-0.05, 0) is 47.0 Å². The molecule has 0 aromatic heterocycles. The van der Waals surface area contributed by atoms with Crippen molar-refractivity contribution in [3.63, 3.8) is 0 Å². The molecule has 0 bridgehead atoms. The van der Waals surface area contributed by atoms with E-state index in [1.807, 2.05) is 0 Å². The Morgan fingerprint density at radius 2 is 2.06 bits per heavy atom. The van der Waals surface area contributed by atoms with Crippen LogP contribution in [-0.4, -0.2) is 18.3 Å². The summed E-state index contributed by atoms with van der Waals surface area (Å²) in [5.41, 5.74) is 0.579. The fourth-order valence-corrected chi connectivity index (χ4v) is 1.95. The lowest BCUT2D eigenvalue weighted by Gasteiger charge is -2.05. The number of alkyl halides is 1. The first kappa shape index (κ1) is 14.8. The topological polar surface area (TPSA) is 29.1 Å². The first-order chi connectivity index (χ1) is 8.15. The maximum Gasteiger partial charge on any atom is 0.251 e. The lowest BCUT2D eigenvalue weighted by molar-refractivity contribution is 0.0953. The van der Waals surface area contributed by atoms with Gasteiger partial charge < -0.3 is 5.32 Å². The van der Waals surface area contributed by atoms with E-state index in [-0.39, 0.29) is 5.91 Å². The molecule has 1 N–H and O–H groups in total. The van der Waals surface area contributed by atoms with Crippen LogP contribution in [0, 0.1) is 0 Å². The number of carbonyl (C=O) groups excluding carboxylic acids is 1. The fraction of sp³-hybridized carbons (Fsp3) is 0.417. The van der Waals surface area contributed by atoms with Crippen LogP contribution in [0.25, 0.3) is 0 Å². The molecule has 0 saturated heterocycles. The molecule has 17 heavy (non-hydrogen) atoms. The molecule has 1 aromatic rings. The molecule has 0 aliphatic heterocycles. The molecule has 0 saturated carbocycles. The number of halogens is 3. The number of hydrogen-bond acceptors (Lipinski definition) is 1. The van der Waals surface area contributed by atoms with E-state index < -0.39 is 0 Å². The molecule has 2 nitrogen and oxygen atoms in total. The second kappa shape index (κ2) is 7.96. The first-order valence-electron chi connectivity index (χ1n) is 5.44. The number of carbonyl (C=O) groups is 1. The van der Waals surface area contributed by atoms with Crippen LogP contribution < -0.4 is 5.32 Å². The number of amides is 1. The van der Waals surface area contributed by atoms with Crippen molar-refractivity contribution in [1.29, 1.82) is 0 Å². The van der Waals surface area contributed by atoms with E-state index in [0.29, 0.717) is 23.0 Å². The minimum absolute atomic E-state index is 0.0923. The molecule has 94 valence electrons. The maximum atomic E-state index is 11.7. The van der Waals surface area contributed by atoms with Crippen LogP contribution in [0.1, 0.15) is 29.6 Å². The Morgan fingerprint density at radius 1 is 1.29 bits per heavy atom. The van der Waals surface area contributed by atoms with Crippen molar-refractivity contribution in [3.05, 3.63) is 33.3 Å². The van der Waals surface area contributed by atoms with Crippen molar-refractivity contribution in [1.82, 2.24) is 5.32 Å². The summed E-state index contributed by atoms with van der Waals surface area (Å²) in [7, 11) is 0. The molecule has 1 aromatic carbocycles. The second-order valence-corrected chi connectivity index (χ2v) is 5.27. The zero-order chi connectivity index (χ0) is 12.7. The average Bonchev–Trinajstić information content (AvgIpc) is 2.32. The molecule has 0 unspecified atom stereocenters. The molecule has 1 rings (SSSR count). The van der Waals surface area contributed by atoms with Gasteiger partial charge in [0.15, 0.2) is 0 Å². The van der Waals surface area contributed by atoms with E-state index >= 15 is 0 Å². The Hall–Kier alpha value is -0.250. The largest absolute Gasteiger partial charge is 0.352 e. The van der Waals surface area contributed by atoms with Crippen molar-refractivity contribution in [2.75, 3.05) is 12.4 Å². The Balaban J connectivity index is 2.39. The third kappa shape index (κ3) is 5.28. The van der Waals surface area contributed by atoms with E-state index in [1.165, 1.54) is 0 Å². The molecule has 0 aliphatic rings. The highest BCUT2D eigenvalue weighted by atomic mass is 79.9. The Bertz CT molecular complexity index is 385. The van der Waals surface area contributed by atoms with Crippen molar-refractivity contribution in [2.24, 2.45) is 0 Å². The van der Waals surface area contributed by atoms with E-state index in [2.05, 4.69) is 21.2 Å². The molecule has 0 aliphatic carbocycles. The zero-order valence-corrected chi connectivity index (χ0v) is 12.4. The first-order valence-corrected chi connectivity index (χ1v) is 7.15. The van der Waals surface area contributed by atoms with Crippen molar-refractivity contribution in [2.45, 2.75) is 19.3 Å². The minimum atomic E-state index is -0.0923. The summed E-state index contributed by atoms with van der Waals surface area (Å²) in [4.78, 5) is 11.7. The van der Waals surface area contributed by atoms with Crippen LogP contribution >= 0.6 is 39.1 Å². The van der Waals surface area contributed by atoms with Crippen molar-refractivity contribution in [3.8, 4) is 0 Å². The number of hydrogen-bond donors (Lipinski definition) is 1. The van der Waals surface area contributed by atoms with E-state index in [4.69, 9.17) is 23.2 Å². The minimum Gasteiger partial charge on any atom is -0.352 e. The van der Waals surface area contributed by atoms with Gasteiger partial charge in [-0.25, -0.2) is 0 Å². The van der Waals surface area contributed by atoms with Gasteiger partial charge in [0.05, 0.1) is 5.02 Å². The highest BCUT2D eigenvalue weighted by Gasteiger charge is 2.06. The number of nitrogens with one attached hydrogen (secondary N) is 1. The molecule has 0 spiro atoms. The van der Waals surface area contributed by atoms with Gasteiger partial charge in [-0.2, -0.15) is 0 Å². The average molecular weight is 339 g/mol. The summed E-state index contributed by atoms with van der Waals surface area (Å²) in [5.74, 6) is 0.585. The van der Waals surface area contributed by atoms with Gasteiger partial charge in [-0.15, -0.1) is 11.6 Å². The van der Waals surface area contributed by atoms with Crippen LogP contribution in [0.4, 0.5) is 0 Å². The highest BCUT2D eigenvalue weighted by molar-refractivity contribution is 9.10. The predicted octanol–water partition coefficient (Wildman–Crippen LogP) is 4.24. The SMILES string of the molecule is O=C(NCCCCCCl)c1ccc(Br)c(Cl)c1. The smallest absolute Gasteiger partial charge is 0.251 e. The van der Waals surface area contributed by atoms with Gasteiger partial charge in [-0.1, -0.05) is 18.0 Å². The number of benzene rings is 1. The van der Waals surface area contributed by atoms with E-state index in [0.717, 1.165) is 23.7 Å². The zero-order valence-electron chi connectivity index (χ0n) is 9.31. The molecule has 0 radical (unpaired) electrons. The second-order valence-electron chi connectivity index (χ2n) is 3.63. The molecular formula is C12H14BrCl2NO. The quantitative estimate of drug-likeness (QED) is 0.610. The number of unbranched alkanes of at least 4 members (excludes halogenated alkanes) is 2. The normalized spacial score (nSPS) is 10.3. The molecule has 0 atom stereocenters. The monoisotopic (exact) mass is 337 g/mol. The van der Waals surface area contributed by atoms with Crippen LogP contribution in [0.3, 0.4) is 0 Å². The third-order valence-electron chi connectivity index (χ3n) is 2.28. The van der Waals surface area contributed by atoms with Crippen LogP contribution in [0.2, 0.25) is 5.02 Å². The fourth-order valence-electron chi connectivity index (χ4n) is 1.34. The molecule has 1 amide bonds. The molecule has 5 heteroatoms. The lowest BCUT2D eigenvalue weighted by Crippen LogP contribution is -2.24. The van der Waals surface area contributed by atoms with Gasteiger partial charge in [0.1, 0.15) is 0 Å². The van der Waals surface area contributed by atoms with Crippen LogP contribution in [-0.2, 0) is 0 Å². The molecule has 0 fully saturated rings. The standard InChI is InChI=1S/C12H14BrCl2NO/c13-10-5-4-9(8-11(10)15)12(17)16-7-3-1-2-6-14/h4-5,8H,1-3,6-7H2,(H,16,17). The lowest BCUT2D eigenvalue weighted by atomic mass is 10.2. The summed E-state index contributed by atoms with van der Waals surface area (Å²) < 4.78 is 0.790. The molecular weight excluding hydrogens is 325 g/mol. The summed E-state index contributed by atoms with van der Waals surface area (Å²) >= 11 is 14.8.